The van der Waals surface area contributed by atoms with Gasteiger partial charge in [0.2, 0.25) is 5.82 Å². The summed E-state index contributed by atoms with van der Waals surface area (Å²) in [5, 5.41) is -0.0938. The van der Waals surface area contributed by atoms with E-state index < -0.39 is 16.0 Å². The van der Waals surface area contributed by atoms with Crippen LogP contribution in [-0.2, 0) is 10.0 Å². The fraction of sp³-hybridized carbons (Fsp3) is 0.0625. The maximum atomic E-state index is 12.7. The molecule has 0 spiro atoms. The second-order valence-electron chi connectivity index (χ2n) is 5.30. The maximum Gasteiger partial charge on any atom is 0.365 e. The van der Waals surface area contributed by atoms with Gasteiger partial charge in [0.05, 0.1) is 28.1 Å². The summed E-state index contributed by atoms with van der Waals surface area (Å²) in [6, 6.07) is 4.14. The summed E-state index contributed by atoms with van der Waals surface area (Å²) in [6.45, 7) is 1.60. The van der Waals surface area contributed by atoms with E-state index in [0.717, 1.165) is 0 Å². The lowest BCUT2D eigenvalue weighted by molar-refractivity contribution is 0.0721. The third-order valence-electron chi connectivity index (χ3n) is 3.26. The SMILES string of the molecule is Cc1cnc(NS(=O)(=O)c2cccc(Cl)c2Cl)c(OC(=O)c2cnccn2)n1. The normalized spacial score (nSPS) is 11.1. The predicted octanol–water partition coefficient (Wildman–Crippen LogP) is 2.90. The first kappa shape index (κ1) is 19.9. The lowest BCUT2D eigenvalue weighted by atomic mass is 10.4. The molecular weight excluding hydrogens is 429 g/mol. The number of sulfonamides is 1. The summed E-state index contributed by atoms with van der Waals surface area (Å²) >= 11 is 11.9. The van der Waals surface area contributed by atoms with Crippen molar-refractivity contribution < 1.29 is 17.9 Å². The molecule has 0 saturated carbocycles. The van der Waals surface area contributed by atoms with Gasteiger partial charge in [-0.05, 0) is 19.1 Å². The Labute approximate surface area is 169 Å². The highest BCUT2D eigenvalue weighted by Crippen LogP contribution is 2.31. The first-order valence-corrected chi connectivity index (χ1v) is 9.80. The van der Waals surface area contributed by atoms with Crippen LogP contribution < -0.4 is 9.46 Å². The number of aromatic nitrogens is 4. The van der Waals surface area contributed by atoms with Gasteiger partial charge in [-0.25, -0.2) is 28.2 Å². The van der Waals surface area contributed by atoms with Gasteiger partial charge in [-0.2, -0.15) is 0 Å². The van der Waals surface area contributed by atoms with Crippen molar-refractivity contribution in [3.63, 3.8) is 0 Å². The number of nitrogens with one attached hydrogen (secondary N) is 1. The lowest BCUT2D eigenvalue weighted by Crippen LogP contribution is -2.18. The van der Waals surface area contributed by atoms with E-state index in [1.54, 1.807) is 6.92 Å². The first-order chi connectivity index (χ1) is 13.3. The van der Waals surface area contributed by atoms with Crippen molar-refractivity contribution in [1.29, 1.82) is 0 Å². The van der Waals surface area contributed by atoms with Gasteiger partial charge in [0.1, 0.15) is 4.90 Å². The minimum Gasteiger partial charge on any atom is -0.399 e. The second kappa shape index (κ2) is 8.05. The van der Waals surface area contributed by atoms with Crippen LogP contribution in [0.4, 0.5) is 5.82 Å². The highest BCUT2D eigenvalue weighted by atomic mass is 35.5. The Hall–Kier alpha value is -2.82. The van der Waals surface area contributed by atoms with Crippen LogP contribution in [-0.4, -0.2) is 34.3 Å². The highest BCUT2D eigenvalue weighted by Gasteiger charge is 2.24. The van der Waals surface area contributed by atoms with Crippen molar-refractivity contribution >= 4 is 45.0 Å². The number of anilines is 1. The summed E-state index contributed by atoms with van der Waals surface area (Å²) in [4.78, 5) is 27.5. The molecule has 0 radical (unpaired) electrons. The van der Waals surface area contributed by atoms with Crippen LogP contribution in [0.3, 0.4) is 0 Å². The minimum absolute atomic E-state index is 0.0637. The number of ether oxygens (including phenoxy) is 1. The Balaban J connectivity index is 1.95. The van der Waals surface area contributed by atoms with Gasteiger partial charge in [0.25, 0.3) is 15.9 Å². The molecule has 1 N–H and O–H groups in total. The van der Waals surface area contributed by atoms with E-state index in [2.05, 4.69) is 24.7 Å². The van der Waals surface area contributed by atoms with Crippen LogP contribution in [0.1, 0.15) is 16.2 Å². The molecule has 0 atom stereocenters. The Bertz CT molecular complexity index is 1140. The minimum atomic E-state index is -4.19. The molecule has 2 aromatic heterocycles. The molecule has 0 amide bonds. The number of carbonyl (C=O) groups is 1. The molecular formula is C16H11Cl2N5O4S. The zero-order valence-electron chi connectivity index (χ0n) is 14.1. The maximum absolute atomic E-state index is 12.7. The molecule has 2 heterocycles. The van der Waals surface area contributed by atoms with Crippen LogP contribution in [0.2, 0.25) is 10.0 Å². The smallest absolute Gasteiger partial charge is 0.365 e. The zero-order valence-corrected chi connectivity index (χ0v) is 16.5. The molecule has 0 aliphatic carbocycles. The first-order valence-electron chi connectivity index (χ1n) is 7.56. The number of hydrogen-bond donors (Lipinski definition) is 1. The molecule has 28 heavy (non-hydrogen) atoms. The van der Waals surface area contributed by atoms with Gasteiger partial charge in [-0.3, -0.25) is 9.71 Å². The standard InChI is InChI=1S/C16H11Cl2N5O4S/c1-9-7-21-14(15(22-9)27-16(24)11-8-19-5-6-20-11)23-28(25,26)12-4-2-3-10(17)13(12)18/h2-8H,1H3,(H,21,23). The largest absolute Gasteiger partial charge is 0.399 e. The van der Waals surface area contributed by atoms with E-state index >= 15 is 0 Å². The summed E-state index contributed by atoms with van der Waals surface area (Å²) in [6.07, 6.45) is 5.19. The van der Waals surface area contributed by atoms with E-state index in [1.807, 2.05) is 0 Å². The molecule has 12 heteroatoms. The number of halogens is 2. The Morgan fingerprint density at radius 3 is 2.64 bits per heavy atom. The molecule has 0 unspecified atom stereocenters. The molecule has 3 rings (SSSR count). The summed E-state index contributed by atoms with van der Waals surface area (Å²) in [7, 11) is -4.19. The fourth-order valence-electron chi connectivity index (χ4n) is 2.01. The highest BCUT2D eigenvalue weighted by molar-refractivity contribution is 7.92. The Kier molecular flexibility index (Phi) is 5.73. The van der Waals surface area contributed by atoms with Gasteiger partial charge in [0.15, 0.2) is 5.69 Å². The van der Waals surface area contributed by atoms with Crippen LogP contribution >= 0.6 is 23.2 Å². The average Bonchev–Trinajstić information content (AvgIpc) is 2.66. The molecule has 0 bridgehead atoms. The van der Waals surface area contributed by atoms with Gasteiger partial charge < -0.3 is 4.74 Å². The van der Waals surface area contributed by atoms with E-state index in [0.29, 0.717) is 5.69 Å². The summed E-state index contributed by atoms with van der Waals surface area (Å²) in [5.74, 6) is -1.54. The van der Waals surface area contributed by atoms with Gasteiger partial charge >= 0.3 is 5.97 Å². The number of aryl methyl sites for hydroxylation is 1. The van der Waals surface area contributed by atoms with Crippen molar-refractivity contribution in [3.8, 4) is 5.88 Å². The van der Waals surface area contributed by atoms with E-state index in [1.165, 1.54) is 43.0 Å². The number of esters is 1. The quantitative estimate of drug-likeness (QED) is 0.601. The van der Waals surface area contributed by atoms with Gasteiger partial charge in [0, 0.05) is 12.4 Å². The molecule has 1 aromatic carbocycles. The van der Waals surface area contributed by atoms with Gasteiger partial charge in [-0.1, -0.05) is 29.3 Å². The van der Waals surface area contributed by atoms with E-state index in [-0.39, 0.29) is 32.3 Å². The van der Waals surface area contributed by atoms with E-state index in [9.17, 15) is 13.2 Å². The van der Waals surface area contributed by atoms with Crippen LogP contribution in [0.25, 0.3) is 0 Å². The third kappa shape index (κ3) is 4.35. The van der Waals surface area contributed by atoms with Crippen molar-refractivity contribution in [3.05, 3.63) is 64.4 Å². The third-order valence-corrected chi connectivity index (χ3v) is 5.57. The molecule has 0 saturated heterocycles. The Morgan fingerprint density at radius 1 is 1.14 bits per heavy atom. The molecule has 0 aliphatic rings. The number of nitrogens with zero attached hydrogens (tertiary/aromatic N) is 4. The summed E-state index contributed by atoms with van der Waals surface area (Å²) < 4.78 is 32.7. The second-order valence-corrected chi connectivity index (χ2v) is 7.74. The van der Waals surface area contributed by atoms with Crippen LogP contribution in [0.5, 0.6) is 5.88 Å². The number of benzene rings is 1. The molecule has 0 fully saturated rings. The molecule has 9 nitrogen and oxygen atoms in total. The van der Waals surface area contributed by atoms with Crippen molar-refractivity contribution in [2.45, 2.75) is 11.8 Å². The van der Waals surface area contributed by atoms with E-state index in [4.69, 9.17) is 27.9 Å². The van der Waals surface area contributed by atoms with Gasteiger partial charge in [-0.15, -0.1) is 0 Å². The number of hydrogen-bond acceptors (Lipinski definition) is 8. The van der Waals surface area contributed by atoms with Crippen LogP contribution in [0.15, 0.2) is 47.9 Å². The lowest BCUT2D eigenvalue weighted by Gasteiger charge is -2.12. The molecule has 0 aliphatic heterocycles. The topological polar surface area (TPSA) is 124 Å². The zero-order chi connectivity index (χ0) is 20.3. The van der Waals surface area contributed by atoms with Crippen molar-refractivity contribution in [2.24, 2.45) is 0 Å². The Morgan fingerprint density at radius 2 is 1.93 bits per heavy atom. The predicted molar refractivity (Wildman–Crippen MR) is 101 cm³/mol. The average molecular weight is 440 g/mol. The molecule has 3 aromatic rings. The fourth-order valence-corrected chi connectivity index (χ4v) is 3.78. The summed E-state index contributed by atoms with van der Waals surface area (Å²) in [5.41, 5.74) is 0.309. The van der Waals surface area contributed by atoms with Crippen LogP contribution in [0, 0.1) is 6.92 Å². The monoisotopic (exact) mass is 439 g/mol. The number of carbonyl (C=O) groups excluding carboxylic acids is 1. The molecule has 144 valence electrons. The van der Waals surface area contributed by atoms with Crippen molar-refractivity contribution in [2.75, 3.05) is 4.72 Å². The number of rotatable bonds is 5. The van der Waals surface area contributed by atoms with Crippen molar-refractivity contribution in [1.82, 2.24) is 19.9 Å².